The van der Waals surface area contributed by atoms with Crippen LogP contribution in [-0.2, 0) is 9.59 Å². The van der Waals surface area contributed by atoms with Crippen molar-refractivity contribution in [3.63, 3.8) is 0 Å². The fraction of sp³-hybridized carbons (Fsp3) is 0.333. The zero-order valence-electron chi connectivity index (χ0n) is 16.1. The molecule has 0 aromatic heterocycles. The first-order valence-corrected chi connectivity index (χ1v) is 11.3. The topological polar surface area (TPSA) is 61.4 Å². The van der Waals surface area contributed by atoms with Crippen LogP contribution in [0.25, 0.3) is 0 Å². The zero-order valence-corrected chi connectivity index (χ0v) is 18.4. The smallest absolute Gasteiger partial charge is 0.226 e. The monoisotopic (exact) mass is 451 g/mol. The van der Waals surface area contributed by atoms with E-state index in [2.05, 4.69) is 15.5 Å². The summed E-state index contributed by atoms with van der Waals surface area (Å²) >= 11 is 14.1. The Morgan fingerprint density at radius 2 is 1.72 bits per heavy atom. The predicted molar refractivity (Wildman–Crippen MR) is 122 cm³/mol. The number of rotatable bonds is 6. The molecule has 2 N–H and O–H groups in total. The Kier molecular flexibility index (Phi) is 7.70. The van der Waals surface area contributed by atoms with Crippen LogP contribution in [0.5, 0.6) is 0 Å². The van der Waals surface area contributed by atoms with Gasteiger partial charge in [-0.15, -0.1) is 0 Å². The van der Waals surface area contributed by atoms with Gasteiger partial charge in [0.05, 0.1) is 23.8 Å². The third kappa shape index (κ3) is 6.29. The number of carbonyl (C=O) groups is 2. The molecule has 1 heterocycles. The summed E-state index contributed by atoms with van der Waals surface area (Å²) in [5, 5.41) is 6.99. The van der Waals surface area contributed by atoms with Crippen LogP contribution in [0.2, 0.25) is 10.0 Å². The minimum Gasteiger partial charge on any atom is -0.368 e. The summed E-state index contributed by atoms with van der Waals surface area (Å²) in [6.07, 6.45) is 0.100. The molecule has 154 valence electrons. The molecule has 0 saturated carbocycles. The standard InChI is InChI=1S/C21H23Cl2N3O2S/c1-14(27)24-18(15-2-4-16(22)5-3-15)13-21(28)25-19-12-17(23)6-7-20(19)26-8-10-29-11-9-26/h2-7,12,18H,8-11,13H2,1H3,(H,24,27)(H,25,28)/t18-/m0/s1. The Labute approximate surface area is 185 Å². The second kappa shape index (κ2) is 10.2. The molecule has 0 radical (unpaired) electrons. The Morgan fingerprint density at radius 1 is 1.07 bits per heavy atom. The number of carbonyl (C=O) groups excluding carboxylic acids is 2. The average Bonchev–Trinajstić information content (AvgIpc) is 2.68. The first-order valence-electron chi connectivity index (χ1n) is 9.37. The van der Waals surface area contributed by atoms with E-state index in [-0.39, 0.29) is 18.2 Å². The summed E-state index contributed by atoms with van der Waals surface area (Å²) in [6.45, 7) is 3.28. The van der Waals surface area contributed by atoms with Gasteiger partial charge in [0.25, 0.3) is 0 Å². The van der Waals surface area contributed by atoms with Gasteiger partial charge in [0, 0.05) is 41.6 Å². The molecule has 0 spiro atoms. The lowest BCUT2D eigenvalue weighted by Crippen LogP contribution is -2.33. The Morgan fingerprint density at radius 3 is 2.38 bits per heavy atom. The lowest BCUT2D eigenvalue weighted by atomic mass is 10.0. The Hall–Kier alpha value is -1.89. The van der Waals surface area contributed by atoms with E-state index >= 15 is 0 Å². The first kappa shape index (κ1) is 21.8. The molecule has 1 aliphatic rings. The van der Waals surface area contributed by atoms with Crippen molar-refractivity contribution in [3.05, 3.63) is 58.1 Å². The average molecular weight is 452 g/mol. The third-order valence-corrected chi connectivity index (χ3v) is 6.05. The fourth-order valence-electron chi connectivity index (χ4n) is 3.27. The van der Waals surface area contributed by atoms with Crippen molar-refractivity contribution in [3.8, 4) is 0 Å². The molecule has 1 fully saturated rings. The van der Waals surface area contributed by atoms with Crippen LogP contribution in [0, 0.1) is 0 Å². The van der Waals surface area contributed by atoms with Gasteiger partial charge in [-0.1, -0.05) is 35.3 Å². The highest BCUT2D eigenvalue weighted by Gasteiger charge is 2.20. The van der Waals surface area contributed by atoms with E-state index < -0.39 is 6.04 Å². The Bertz CT molecular complexity index is 871. The van der Waals surface area contributed by atoms with Crippen LogP contribution in [0.15, 0.2) is 42.5 Å². The summed E-state index contributed by atoms with van der Waals surface area (Å²) in [5.41, 5.74) is 2.47. The number of hydrogen-bond acceptors (Lipinski definition) is 4. The van der Waals surface area contributed by atoms with Crippen molar-refractivity contribution in [1.82, 2.24) is 5.32 Å². The van der Waals surface area contributed by atoms with E-state index in [0.717, 1.165) is 35.8 Å². The molecule has 2 aromatic carbocycles. The van der Waals surface area contributed by atoms with Crippen molar-refractivity contribution in [2.45, 2.75) is 19.4 Å². The molecule has 3 rings (SSSR count). The van der Waals surface area contributed by atoms with Crippen LogP contribution >= 0.6 is 35.0 Å². The molecule has 2 aromatic rings. The number of thioether (sulfide) groups is 1. The molecular weight excluding hydrogens is 429 g/mol. The van der Waals surface area contributed by atoms with E-state index in [4.69, 9.17) is 23.2 Å². The summed E-state index contributed by atoms with van der Waals surface area (Å²) in [4.78, 5) is 26.7. The molecular formula is C21H23Cl2N3O2S. The van der Waals surface area contributed by atoms with Gasteiger partial charge in [-0.3, -0.25) is 9.59 Å². The quantitative estimate of drug-likeness (QED) is 0.664. The third-order valence-electron chi connectivity index (χ3n) is 4.62. The molecule has 8 heteroatoms. The minimum atomic E-state index is -0.446. The van der Waals surface area contributed by atoms with E-state index in [1.807, 2.05) is 36.0 Å². The molecule has 0 bridgehead atoms. The molecule has 1 aliphatic heterocycles. The predicted octanol–water partition coefficient (Wildman–Crippen LogP) is 4.75. The number of hydrogen-bond donors (Lipinski definition) is 2. The van der Waals surface area contributed by atoms with E-state index in [1.54, 1.807) is 18.2 Å². The highest BCUT2D eigenvalue weighted by atomic mass is 35.5. The Balaban J connectivity index is 1.76. The van der Waals surface area contributed by atoms with E-state index in [0.29, 0.717) is 15.7 Å². The van der Waals surface area contributed by atoms with Gasteiger partial charge in [-0.2, -0.15) is 11.8 Å². The number of nitrogens with zero attached hydrogens (tertiary/aromatic N) is 1. The van der Waals surface area contributed by atoms with Crippen molar-refractivity contribution in [1.29, 1.82) is 0 Å². The minimum absolute atomic E-state index is 0.100. The van der Waals surface area contributed by atoms with Crippen molar-refractivity contribution < 1.29 is 9.59 Å². The molecule has 0 aliphatic carbocycles. The number of benzene rings is 2. The van der Waals surface area contributed by atoms with Gasteiger partial charge in [0.15, 0.2) is 0 Å². The lowest BCUT2D eigenvalue weighted by molar-refractivity contribution is -0.120. The summed E-state index contributed by atoms with van der Waals surface area (Å²) < 4.78 is 0. The van der Waals surface area contributed by atoms with E-state index in [1.165, 1.54) is 6.92 Å². The summed E-state index contributed by atoms with van der Waals surface area (Å²) in [6, 6.07) is 12.2. The van der Waals surface area contributed by atoms with Crippen LogP contribution in [0.4, 0.5) is 11.4 Å². The molecule has 5 nitrogen and oxygen atoms in total. The number of anilines is 2. The SMILES string of the molecule is CC(=O)N[C@@H](CC(=O)Nc1cc(Cl)ccc1N1CCSCC1)c1ccc(Cl)cc1. The maximum atomic E-state index is 12.8. The molecule has 1 atom stereocenters. The van der Waals surface area contributed by atoms with Crippen molar-refractivity contribution >= 4 is 58.2 Å². The molecule has 0 unspecified atom stereocenters. The fourth-order valence-corrected chi connectivity index (χ4v) is 4.47. The van der Waals surface area contributed by atoms with Gasteiger partial charge in [-0.25, -0.2) is 0 Å². The van der Waals surface area contributed by atoms with Crippen molar-refractivity contribution in [2.24, 2.45) is 0 Å². The van der Waals surface area contributed by atoms with E-state index in [9.17, 15) is 9.59 Å². The first-order chi connectivity index (χ1) is 13.9. The van der Waals surface area contributed by atoms with Gasteiger partial charge in [0.1, 0.15) is 0 Å². The number of nitrogens with one attached hydrogen (secondary N) is 2. The maximum absolute atomic E-state index is 12.8. The highest BCUT2D eigenvalue weighted by Crippen LogP contribution is 2.31. The van der Waals surface area contributed by atoms with Crippen LogP contribution in [0.3, 0.4) is 0 Å². The van der Waals surface area contributed by atoms with Crippen LogP contribution < -0.4 is 15.5 Å². The lowest BCUT2D eigenvalue weighted by Gasteiger charge is -2.30. The summed E-state index contributed by atoms with van der Waals surface area (Å²) in [7, 11) is 0. The highest BCUT2D eigenvalue weighted by molar-refractivity contribution is 7.99. The molecule has 29 heavy (non-hydrogen) atoms. The number of amides is 2. The van der Waals surface area contributed by atoms with Gasteiger partial charge >= 0.3 is 0 Å². The second-order valence-corrected chi connectivity index (χ2v) is 8.92. The zero-order chi connectivity index (χ0) is 20.8. The van der Waals surface area contributed by atoms with Gasteiger partial charge in [0.2, 0.25) is 11.8 Å². The second-order valence-electron chi connectivity index (χ2n) is 6.82. The normalized spacial score (nSPS) is 14.9. The number of halogens is 2. The summed E-state index contributed by atoms with van der Waals surface area (Å²) in [5.74, 6) is 1.70. The van der Waals surface area contributed by atoms with Crippen LogP contribution in [-0.4, -0.2) is 36.4 Å². The van der Waals surface area contributed by atoms with Crippen LogP contribution in [0.1, 0.15) is 24.9 Å². The van der Waals surface area contributed by atoms with Crippen molar-refractivity contribution in [2.75, 3.05) is 34.8 Å². The largest absolute Gasteiger partial charge is 0.368 e. The van der Waals surface area contributed by atoms with Gasteiger partial charge < -0.3 is 15.5 Å². The van der Waals surface area contributed by atoms with Gasteiger partial charge in [-0.05, 0) is 35.9 Å². The molecule has 1 saturated heterocycles. The maximum Gasteiger partial charge on any atom is 0.226 e. The molecule has 2 amide bonds.